The van der Waals surface area contributed by atoms with Crippen LogP contribution in [0.15, 0.2) is 42.5 Å². The topological polar surface area (TPSA) is 15.3 Å². The third kappa shape index (κ3) is 3.58. The molecule has 1 N–H and O–H groups in total. The van der Waals surface area contributed by atoms with Crippen LogP contribution in [0.1, 0.15) is 25.5 Å². The van der Waals surface area contributed by atoms with Crippen molar-refractivity contribution in [2.24, 2.45) is 0 Å². The molecule has 0 aliphatic carbocycles. The van der Waals surface area contributed by atoms with Crippen molar-refractivity contribution in [2.45, 2.75) is 19.9 Å². The predicted molar refractivity (Wildman–Crippen MR) is 83.0 cm³/mol. The minimum absolute atomic E-state index is 0.0108. The normalized spacial score (nSPS) is 12.2. The first-order valence-electron chi connectivity index (χ1n) is 7.05. The molecule has 0 heterocycles. The van der Waals surface area contributed by atoms with Gasteiger partial charge in [0.15, 0.2) is 0 Å². The largest absolute Gasteiger partial charge is 0.344 e. The molecular formula is C17H20F2N2. The van der Waals surface area contributed by atoms with Gasteiger partial charge in [0.2, 0.25) is 0 Å². The Morgan fingerprint density at radius 1 is 1.10 bits per heavy atom. The molecule has 0 spiro atoms. The molecule has 0 radical (unpaired) electrons. The maximum absolute atomic E-state index is 13.6. The molecule has 0 aromatic heterocycles. The van der Waals surface area contributed by atoms with E-state index in [1.54, 1.807) is 12.1 Å². The lowest BCUT2D eigenvalue weighted by Crippen LogP contribution is -2.21. The number of hydrogen-bond acceptors (Lipinski definition) is 2. The molecule has 2 nitrogen and oxygen atoms in total. The third-order valence-electron chi connectivity index (χ3n) is 3.52. The molecule has 112 valence electrons. The molecule has 0 aliphatic heterocycles. The van der Waals surface area contributed by atoms with Crippen LogP contribution < -0.4 is 10.2 Å². The average molecular weight is 290 g/mol. The van der Waals surface area contributed by atoms with E-state index >= 15 is 0 Å². The van der Waals surface area contributed by atoms with E-state index in [-0.39, 0.29) is 17.7 Å². The van der Waals surface area contributed by atoms with E-state index in [1.165, 1.54) is 24.3 Å². The first-order valence-corrected chi connectivity index (χ1v) is 7.05. The molecule has 1 unspecified atom stereocenters. The van der Waals surface area contributed by atoms with E-state index < -0.39 is 0 Å². The number of nitrogens with one attached hydrogen (secondary N) is 1. The molecule has 1 atom stereocenters. The van der Waals surface area contributed by atoms with E-state index in [0.29, 0.717) is 0 Å². The standard InChI is InChI=1S/C17H20F2N2/c1-4-20-12(2)16-11-14(19)8-9-17(16)21(3)15-7-5-6-13(18)10-15/h5-12,20H,4H2,1-3H3. The molecule has 0 amide bonds. The summed E-state index contributed by atoms with van der Waals surface area (Å²) < 4.78 is 27.0. The monoisotopic (exact) mass is 290 g/mol. The van der Waals surface area contributed by atoms with Crippen molar-refractivity contribution >= 4 is 11.4 Å². The Morgan fingerprint density at radius 2 is 1.81 bits per heavy atom. The lowest BCUT2D eigenvalue weighted by atomic mass is 10.0. The molecule has 0 fully saturated rings. The highest BCUT2D eigenvalue weighted by Gasteiger charge is 2.15. The highest BCUT2D eigenvalue weighted by atomic mass is 19.1. The van der Waals surface area contributed by atoms with Crippen LogP contribution in [-0.2, 0) is 0 Å². The lowest BCUT2D eigenvalue weighted by Gasteiger charge is -2.25. The Bertz CT molecular complexity index is 613. The molecule has 0 bridgehead atoms. The van der Waals surface area contributed by atoms with Crippen molar-refractivity contribution in [1.82, 2.24) is 5.32 Å². The molecule has 2 aromatic rings. The van der Waals surface area contributed by atoms with Crippen molar-refractivity contribution in [2.75, 3.05) is 18.5 Å². The van der Waals surface area contributed by atoms with Gasteiger partial charge in [-0.2, -0.15) is 0 Å². The zero-order chi connectivity index (χ0) is 15.4. The second kappa shape index (κ2) is 6.68. The quantitative estimate of drug-likeness (QED) is 0.878. The van der Waals surface area contributed by atoms with Crippen molar-refractivity contribution in [3.05, 3.63) is 59.7 Å². The van der Waals surface area contributed by atoms with Crippen LogP contribution in [0.2, 0.25) is 0 Å². The third-order valence-corrected chi connectivity index (χ3v) is 3.52. The second-order valence-corrected chi connectivity index (χ2v) is 5.02. The number of halogens is 2. The van der Waals surface area contributed by atoms with Gasteiger partial charge in [0, 0.05) is 24.5 Å². The van der Waals surface area contributed by atoms with E-state index in [0.717, 1.165) is 23.5 Å². The molecule has 0 saturated heterocycles. The average Bonchev–Trinajstić information content (AvgIpc) is 2.46. The van der Waals surface area contributed by atoms with Gasteiger partial charge in [-0.25, -0.2) is 8.78 Å². The van der Waals surface area contributed by atoms with Gasteiger partial charge in [0.25, 0.3) is 0 Å². The van der Waals surface area contributed by atoms with Crippen LogP contribution in [0, 0.1) is 11.6 Å². The van der Waals surface area contributed by atoms with Gasteiger partial charge in [0.1, 0.15) is 11.6 Å². The zero-order valence-electron chi connectivity index (χ0n) is 12.5. The summed E-state index contributed by atoms with van der Waals surface area (Å²) in [6.07, 6.45) is 0. The summed E-state index contributed by atoms with van der Waals surface area (Å²) in [5.74, 6) is -0.561. The van der Waals surface area contributed by atoms with E-state index in [1.807, 2.05) is 31.9 Å². The fourth-order valence-corrected chi connectivity index (χ4v) is 2.42. The number of rotatable bonds is 5. The van der Waals surface area contributed by atoms with E-state index in [9.17, 15) is 8.78 Å². The van der Waals surface area contributed by atoms with E-state index in [2.05, 4.69) is 5.32 Å². The van der Waals surface area contributed by atoms with Crippen LogP contribution in [0.5, 0.6) is 0 Å². The minimum Gasteiger partial charge on any atom is -0.344 e. The maximum atomic E-state index is 13.6. The fourth-order valence-electron chi connectivity index (χ4n) is 2.42. The Hall–Kier alpha value is -1.94. The first-order chi connectivity index (χ1) is 10.0. The summed E-state index contributed by atoms with van der Waals surface area (Å²) in [4.78, 5) is 1.87. The summed E-state index contributed by atoms with van der Waals surface area (Å²) in [7, 11) is 1.85. The van der Waals surface area contributed by atoms with Gasteiger partial charge in [0.05, 0.1) is 0 Å². The molecule has 0 saturated carbocycles. The van der Waals surface area contributed by atoms with Gasteiger partial charge in [-0.1, -0.05) is 13.0 Å². The summed E-state index contributed by atoms with van der Waals surface area (Å²) in [5, 5.41) is 3.28. The van der Waals surface area contributed by atoms with Crippen molar-refractivity contribution in [3.8, 4) is 0 Å². The molecule has 2 aromatic carbocycles. The van der Waals surface area contributed by atoms with Crippen molar-refractivity contribution < 1.29 is 8.78 Å². The Kier molecular flexibility index (Phi) is 4.91. The van der Waals surface area contributed by atoms with Gasteiger partial charge < -0.3 is 10.2 Å². The van der Waals surface area contributed by atoms with E-state index in [4.69, 9.17) is 0 Å². The van der Waals surface area contributed by atoms with Crippen LogP contribution in [-0.4, -0.2) is 13.6 Å². The second-order valence-electron chi connectivity index (χ2n) is 5.02. The summed E-state index contributed by atoms with van der Waals surface area (Å²) in [6, 6.07) is 11.0. The zero-order valence-corrected chi connectivity index (χ0v) is 12.5. The maximum Gasteiger partial charge on any atom is 0.125 e. The van der Waals surface area contributed by atoms with Crippen LogP contribution >= 0.6 is 0 Å². The van der Waals surface area contributed by atoms with Gasteiger partial charge in [-0.3, -0.25) is 0 Å². The number of benzene rings is 2. The van der Waals surface area contributed by atoms with Gasteiger partial charge in [-0.15, -0.1) is 0 Å². The number of anilines is 2. The smallest absolute Gasteiger partial charge is 0.125 e. The van der Waals surface area contributed by atoms with Crippen molar-refractivity contribution in [1.29, 1.82) is 0 Å². The number of hydrogen-bond donors (Lipinski definition) is 1. The molecule has 4 heteroatoms. The highest BCUT2D eigenvalue weighted by molar-refractivity contribution is 5.66. The molecule has 21 heavy (non-hydrogen) atoms. The summed E-state index contributed by atoms with van der Waals surface area (Å²) >= 11 is 0. The molecule has 2 rings (SSSR count). The number of nitrogens with zero attached hydrogens (tertiary/aromatic N) is 1. The van der Waals surface area contributed by atoms with Crippen molar-refractivity contribution in [3.63, 3.8) is 0 Å². The first kappa shape index (κ1) is 15.4. The Morgan fingerprint density at radius 3 is 2.48 bits per heavy atom. The Labute approximate surface area is 124 Å². The molecule has 0 aliphatic rings. The minimum atomic E-state index is -0.289. The SMILES string of the molecule is CCNC(C)c1cc(F)ccc1N(C)c1cccc(F)c1. The lowest BCUT2D eigenvalue weighted by molar-refractivity contribution is 0.583. The van der Waals surface area contributed by atoms with Gasteiger partial charge in [-0.05, 0) is 55.4 Å². The predicted octanol–water partition coefficient (Wildman–Crippen LogP) is 4.40. The van der Waals surface area contributed by atoms with Crippen LogP contribution in [0.4, 0.5) is 20.2 Å². The highest BCUT2D eigenvalue weighted by Crippen LogP contribution is 2.31. The molecular weight excluding hydrogens is 270 g/mol. The van der Waals surface area contributed by atoms with Gasteiger partial charge >= 0.3 is 0 Å². The summed E-state index contributed by atoms with van der Waals surface area (Å²) in [6.45, 7) is 4.79. The Balaban J connectivity index is 2.42. The summed E-state index contributed by atoms with van der Waals surface area (Å²) in [5.41, 5.74) is 2.44. The fraction of sp³-hybridized carbons (Fsp3) is 0.294. The van der Waals surface area contributed by atoms with Crippen LogP contribution in [0.3, 0.4) is 0 Å². The van der Waals surface area contributed by atoms with Crippen LogP contribution in [0.25, 0.3) is 0 Å².